The van der Waals surface area contributed by atoms with Gasteiger partial charge in [0.15, 0.2) is 10.8 Å². The van der Waals surface area contributed by atoms with Gasteiger partial charge in [0.1, 0.15) is 17.2 Å². The zero-order chi connectivity index (χ0) is 18.1. The molecule has 4 heterocycles. The standard InChI is InChI=1S/C16H15N7O2S/c17-13(24)10-8-23-7-6-22(5-2-12(23)20-10)16(25)11-9-26-15(21-11)14-18-3-1-4-19-14/h1,3-4,8-9H,2,5-7H2,(H2,17,24). The highest BCUT2D eigenvalue weighted by Crippen LogP contribution is 2.21. The lowest BCUT2D eigenvalue weighted by atomic mass is 10.3. The Balaban J connectivity index is 1.49. The zero-order valence-electron chi connectivity index (χ0n) is 13.7. The highest BCUT2D eigenvalue weighted by atomic mass is 32.1. The Morgan fingerprint density at radius 3 is 2.65 bits per heavy atom. The summed E-state index contributed by atoms with van der Waals surface area (Å²) in [6.45, 7) is 1.57. The van der Waals surface area contributed by atoms with Crippen molar-refractivity contribution in [1.82, 2.24) is 29.4 Å². The van der Waals surface area contributed by atoms with Gasteiger partial charge < -0.3 is 15.2 Å². The van der Waals surface area contributed by atoms with Crippen molar-refractivity contribution in [1.29, 1.82) is 0 Å². The Morgan fingerprint density at radius 2 is 1.88 bits per heavy atom. The van der Waals surface area contributed by atoms with Crippen LogP contribution in [0.1, 0.15) is 26.8 Å². The number of hydrogen-bond acceptors (Lipinski definition) is 7. The van der Waals surface area contributed by atoms with E-state index in [1.807, 2.05) is 4.57 Å². The summed E-state index contributed by atoms with van der Waals surface area (Å²) >= 11 is 1.34. The van der Waals surface area contributed by atoms with Gasteiger partial charge in [-0.3, -0.25) is 9.59 Å². The second kappa shape index (κ2) is 6.64. The predicted octanol–water partition coefficient (Wildman–Crippen LogP) is 0.594. The first kappa shape index (κ1) is 16.3. The fourth-order valence-electron chi connectivity index (χ4n) is 2.79. The maximum Gasteiger partial charge on any atom is 0.273 e. The normalized spacial score (nSPS) is 13.9. The number of aromatic nitrogens is 5. The van der Waals surface area contributed by atoms with Crippen LogP contribution >= 0.6 is 11.3 Å². The van der Waals surface area contributed by atoms with E-state index >= 15 is 0 Å². The van der Waals surface area contributed by atoms with Crippen molar-refractivity contribution < 1.29 is 9.59 Å². The molecule has 2 amide bonds. The van der Waals surface area contributed by atoms with Gasteiger partial charge in [-0.2, -0.15) is 0 Å². The molecule has 132 valence electrons. The van der Waals surface area contributed by atoms with Gasteiger partial charge in [0.2, 0.25) is 0 Å². The maximum absolute atomic E-state index is 12.8. The molecule has 0 atom stereocenters. The molecule has 1 aliphatic heterocycles. The van der Waals surface area contributed by atoms with E-state index in [9.17, 15) is 9.59 Å². The predicted molar refractivity (Wildman–Crippen MR) is 93.5 cm³/mol. The second-order valence-electron chi connectivity index (χ2n) is 5.75. The van der Waals surface area contributed by atoms with Gasteiger partial charge in [-0.15, -0.1) is 11.3 Å². The van der Waals surface area contributed by atoms with Gasteiger partial charge in [0.25, 0.3) is 11.8 Å². The number of hydrogen-bond donors (Lipinski definition) is 1. The molecule has 0 bridgehead atoms. The molecule has 0 spiro atoms. The van der Waals surface area contributed by atoms with E-state index < -0.39 is 5.91 Å². The summed E-state index contributed by atoms with van der Waals surface area (Å²) in [5, 5.41) is 2.34. The minimum atomic E-state index is -0.545. The topological polar surface area (TPSA) is 120 Å². The SMILES string of the molecule is NC(=O)c1cn2c(n1)CCN(C(=O)c1csc(-c3ncccn3)n1)CC2. The number of thiazole rings is 1. The first-order valence-electron chi connectivity index (χ1n) is 8.00. The quantitative estimate of drug-likeness (QED) is 0.722. The van der Waals surface area contributed by atoms with Crippen LogP contribution in [0.5, 0.6) is 0 Å². The third-order valence-electron chi connectivity index (χ3n) is 4.10. The molecule has 0 aliphatic carbocycles. The average Bonchev–Trinajstić information content (AvgIpc) is 3.26. The molecule has 9 nitrogen and oxygen atoms in total. The van der Waals surface area contributed by atoms with Crippen molar-refractivity contribution in [3.8, 4) is 10.8 Å². The van der Waals surface area contributed by atoms with Gasteiger partial charge in [0.05, 0.1) is 0 Å². The van der Waals surface area contributed by atoms with Crippen LogP contribution in [-0.2, 0) is 13.0 Å². The summed E-state index contributed by atoms with van der Waals surface area (Å²) in [7, 11) is 0. The Hall–Kier alpha value is -3.14. The highest BCUT2D eigenvalue weighted by molar-refractivity contribution is 7.13. The number of rotatable bonds is 3. The number of nitrogens with zero attached hydrogens (tertiary/aromatic N) is 6. The number of fused-ring (bicyclic) bond motifs is 1. The van der Waals surface area contributed by atoms with Gasteiger partial charge in [-0.05, 0) is 6.07 Å². The lowest BCUT2D eigenvalue weighted by Crippen LogP contribution is -2.33. The molecule has 3 aromatic heterocycles. The Kier molecular flexibility index (Phi) is 4.17. The largest absolute Gasteiger partial charge is 0.364 e. The summed E-state index contributed by atoms with van der Waals surface area (Å²) < 4.78 is 1.87. The fraction of sp³-hybridized carbons (Fsp3) is 0.250. The van der Waals surface area contributed by atoms with E-state index in [2.05, 4.69) is 19.9 Å². The average molecular weight is 369 g/mol. The lowest BCUT2D eigenvalue weighted by molar-refractivity contribution is 0.0753. The van der Waals surface area contributed by atoms with Crippen molar-refractivity contribution in [2.75, 3.05) is 13.1 Å². The molecule has 0 fully saturated rings. The van der Waals surface area contributed by atoms with Gasteiger partial charge in [-0.1, -0.05) is 0 Å². The summed E-state index contributed by atoms with van der Waals surface area (Å²) in [4.78, 5) is 42.7. The number of carbonyl (C=O) groups is 2. The van der Waals surface area contributed by atoms with Crippen LogP contribution in [0.15, 0.2) is 30.0 Å². The molecule has 1 aliphatic rings. The van der Waals surface area contributed by atoms with E-state index in [-0.39, 0.29) is 11.6 Å². The van der Waals surface area contributed by atoms with E-state index in [4.69, 9.17) is 5.73 Å². The Labute approximate surface area is 152 Å². The molecule has 26 heavy (non-hydrogen) atoms. The van der Waals surface area contributed by atoms with Crippen molar-refractivity contribution in [2.45, 2.75) is 13.0 Å². The molecule has 0 unspecified atom stereocenters. The fourth-order valence-corrected chi connectivity index (χ4v) is 3.53. The van der Waals surface area contributed by atoms with Crippen LogP contribution in [0.3, 0.4) is 0 Å². The summed E-state index contributed by atoms with van der Waals surface area (Å²) in [6.07, 6.45) is 5.47. The van der Waals surface area contributed by atoms with Crippen LogP contribution in [0.25, 0.3) is 10.8 Å². The van der Waals surface area contributed by atoms with Crippen LogP contribution < -0.4 is 5.73 Å². The molecule has 0 radical (unpaired) electrons. The molecule has 10 heteroatoms. The van der Waals surface area contributed by atoms with Crippen molar-refractivity contribution in [3.05, 3.63) is 47.2 Å². The van der Waals surface area contributed by atoms with Gasteiger partial charge >= 0.3 is 0 Å². The summed E-state index contributed by atoms with van der Waals surface area (Å²) in [6, 6.07) is 1.73. The number of amides is 2. The van der Waals surface area contributed by atoms with E-state index in [1.165, 1.54) is 11.3 Å². The van der Waals surface area contributed by atoms with Crippen molar-refractivity contribution >= 4 is 23.2 Å². The van der Waals surface area contributed by atoms with Gasteiger partial charge in [0, 0.05) is 50.0 Å². The monoisotopic (exact) mass is 369 g/mol. The third-order valence-corrected chi connectivity index (χ3v) is 4.93. The zero-order valence-corrected chi connectivity index (χ0v) is 14.5. The first-order chi connectivity index (χ1) is 12.6. The summed E-state index contributed by atoms with van der Waals surface area (Å²) in [5.74, 6) is 0.582. The molecular weight excluding hydrogens is 354 g/mol. The minimum absolute atomic E-state index is 0.135. The molecule has 0 saturated carbocycles. The van der Waals surface area contributed by atoms with Crippen molar-refractivity contribution in [3.63, 3.8) is 0 Å². The lowest BCUT2D eigenvalue weighted by Gasteiger charge is -2.18. The molecular formula is C16H15N7O2S. The van der Waals surface area contributed by atoms with Crippen LogP contribution in [0.2, 0.25) is 0 Å². The maximum atomic E-state index is 12.8. The molecule has 0 saturated heterocycles. The van der Waals surface area contributed by atoms with Crippen LogP contribution in [0, 0.1) is 0 Å². The smallest absolute Gasteiger partial charge is 0.273 e. The van der Waals surface area contributed by atoms with Crippen LogP contribution in [0.4, 0.5) is 0 Å². The molecule has 4 rings (SSSR count). The Bertz CT molecular complexity index is 941. The van der Waals surface area contributed by atoms with Gasteiger partial charge in [-0.25, -0.2) is 19.9 Å². The third kappa shape index (κ3) is 3.06. The summed E-state index contributed by atoms with van der Waals surface area (Å²) in [5.41, 5.74) is 5.91. The first-order valence-corrected chi connectivity index (χ1v) is 8.88. The number of nitrogens with two attached hydrogens (primary N) is 1. The van der Waals surface area contributed by atoms with E-state index in [1.54, 1.807) is 34.9 Å². The molecule has 2 N–H and O–H groups in total. The molecule has 0 aromatic carbocycles. The highest BCUT2D eigenvalue weighted by Gasteiger charge is 2.24. The minimum Gasteiger partial charge on any atom is -0.364 e. The van der Waals surface area contributed by atoms with E-state index in [0.717, 1.165) is 5.82 Å². The van der Waals surface area contributed by atoms with E-state index in [0.29, 0.717) is 42.6 Å². The Morgan fingerprint density at radius 1 is 1.08 bits per heavy atom. The van der Waals surface area contributed by atoms with Crippen molar-refractivity contribution in [2.24, 2.45) is 5.73 Å². The van der Waals surface area contributed by atoms with Crippen LogP contribution in [-0.4, -0.2) is 54.3 Å². The number of imidazole rings is 1. The number of primary amides is 1. The molecule has 3 aromatic rings. The number of carbonyl (C=O) groups excluding carboxylic acids is 2. The second-order valence-corrected chi connectivity index (χ2v) is 6.61.